The highest BCUT2D eigenvalue weighted by Gasteiger charge is 2.11. The molecule has 2 aromatic carbocycles. The number of nitriles is 1. The van der Waals surface area contributed by atoms with Crippen LogP contribution in [-0.2, 0) is 9.53 Å². The Morgan fingerprint density at radius 1 is 1.07 bits per heavy atom. The summed E-state index contributed by atoms with van der Waals surface area (Å²) >= 11 is 0. The third kappa shape index (κ3) is 6.82. The van der Waals surface area contributed by atoms with Crippen LogP contribution >= 0.6 is 0 Å². The van der Waals surface area contributed by atoms with Gasteiger partial charge in [-0.15, -0.1) is 0 Å². The minimum Gasteiger partial charge on any atom is -0.494 e. The Morgan fingerprint density at radius 3 is 2.34 bits per heavy atom. The van der Waals surface area contributed by atoms with E-state index in [9.17, 15) is 14.9 Å². The highest BCUT2D eigenvalue weighted by Crippen LogP contribution is 2.16. The number of carbonyl (C=O) groups excluding carboxylic acids is 2. The van der Waals surface area contributed by atoms with E-state index < -0.39 is 11.9 Å². The fourth-order valence-corrected chi connectivity index (χ4v) is 2.41. The maximum absolute atomic E-state index is 12.4. The fraction of sp³-hybridized carbons (Fsp3) is 0.261. The molecule has 0 unspecified atom stereocenters. The van der Waals surface area contributed by atoms with Crippen molar-refractivity contribution < 1.29 is 19.1 Å². The number of anilines is 1. The van der Waals surface area contributed by atoms with E-state index in [0.717, 1.165) is 24.2 Å². The SMILES string of the molecule is CCCCOc1ccc(/C=C(\C#N)C(=O)Nc2ccc(C(=O)OCC)cc2)cc1. The maximum Gasteiger partial charge on any atom is 0.338 e. The molecular formula is C23H24N2O4. The summed E-state index contributed by atoms with van der Waals surface area (Å²) in [6, 6.07) is 15.4. The van der Waals surface area contributed by atoms with Crippen molar-refractivity contribution in [3.63, 3.8) is 0 Å². The minimum absolute atomic E-state index is 0.0286. The largest absolute Gasteiger partial charge is 0.494 e. The van der Waals surface area contributed by atoms with Crippen molar-refractivity contribution in [3.8, 4) is 11.8 Å². The molecule has 2 rings (SSSR count). The molecule has 0 saturated heterocycles. The van der Waals surface area contributed by atoms with Crippen LogP contribution < -0.4 is 10.1 Å². The second kappa shape index (κ2) is 11.3. The van der Waals surface area contributed by atoms with E-state index in [0.29, 0.717) is 24.5 Å². The third-order valence-corrected chi connectivity index (χ3v) is 3.98. The number of unbranched alkanes of at least 4 members (excludes halogenated alkanes) is 1. The van der Waals surface area contributed by atoms with E-state index in [1.807, 2.05) is 18.2 Å². The molecule has 1 amide bonds. The van der Waals surface area contributed by atoms with Crippen LogP contribution in [0.1, 0.15) is 42.6 Å². The van der Waals surface area contributed by atoms with Gasteiger partial charge >= 0.3 is 5.97 Å². The monoisotopic (exact) mass is 392 g/mol. The number of hydrogen-bond acceptors (Lipinski definition) is 5. The molecule has 6 heteroatoms. The predicted octanol–water partition coefficient (Wildman–Crippen LogP) is 4.59. The van der Waals surface area contributed by atoms with E-state index >= 15 is 0 Å². The van der Waals surface area contributed by atoms with Crippen LogP contribution in [0.3, 0.4) is 0 Å². The van der Waals surface area contributed by atoms with Crippen molar-refractivity contribution in [2.24, 2.45) is 0 Å². The molecule has 0 aliphatic heterocycles. The number of hydrogen-bond donors (Lipinski definition) is 1. The van der Waals surface area contributed by atoms with Gasteiger partial charge in [0.2, 0.25) is 0 Å². The first-order chi connectivity index (χ1) is 14.1. The Kier molecular flexibility index (Phi) is 8.46. The van der Waals surface area contributed by atoms with Crippen molar-refractivity contribution >= 4 is 23.6 Å². The lowest BCUT2D eigenvalue weighted by Crippen LogP contribution is -2.13. The fourth-order valence-electron chi connectivity index (χ4n) is 2.41. The summed E-state index contributed by atoms with van der Waals surface area (Å²) in [7, 11) is 0. The normalized spacial score (nSPS) is 10.7. The van der Waals surface area contributed by atoms with Crippen molar-refractivity contribution in [2.45, 2.75) is 26.7 Å². The molecule has 2 aromatic rings. The zero-order chi connectivity index (χ0) is 21.1. The van der Waals surface area contributed by atoms with E-state index in [-0.39, 0.29) is 5.57 Å². The maximum atomic E-state index is 12.4. The van der Waals surface area contributed by atoms with Crippen molar-refractivity contribution in [1.29, 1.82) is 5.26 Å². The highest BCUT2D eigenvalue weighted by molar-refractivity contribution is 6.09. The first-order valence-electron chi connectivity index (χ1n) is 9.50. The van der Waals surface area contributed by atoms with Gasteiger partial charge in [0, 0.05) is 5.69 Å². The van der Waals surface area contributed by atoms with Crippen LogP contribution in [0.25, 0.3) is 6.08 Å². The average Bonchev–Trinajstić information content (AvgIpc) is 2.74. The molecular weight excluding hydrogens is 368 g/mol. The van der Waals surface area contributed by atoms with Crippen molar-refractivity contribution in [1.82, 2.24) is 0 Å². The topological polar surface area (TPSA) is 88.4 Å². The van der Waals surface area contributed by atoms with Crippen LogP contribution in [-0.4, -0.2) is 25.1 Å². The molecule has 0 saturated carbocycles. The highest BCUT2D eigenvalue weighted by atomic mass is 16.5. The summed E-state index contributed by atoms with van der Waals surface area (Å²) in [6.45, 7) is 4.78. The smallest absolute Gasteiger partial charge is 0.338 e. The summed E-state index contributed by atoms with van der Waals surface area (Å²) in [5, 5.41) is 12.0. The molecule has 0 aliphatic carbocycles. The molecule has 0 aromatic heterocycles. The van der Waals surface area contributed by atoms with Crippen LogP contribution in [0.15, 0.2) is 54.1 Å². The van der Waals surface area contributed by atoms with E-state index in [4.69, 9.17) is 9.47 Å². The van der Waals surface area contributed by atoms with Gasteiger partial charge in [0.05, 0.1) is 18.8 Å². The first kappa shape index (κ1) is 21.7. The van der Waals surface area contributed by atoms with E-state index in [2.05, 4.69) is 12.2 Å². The van der Waals surface area contributed by atoms with Gasteiger partial charge in [-0.2, -0.15) is 5.26 Å². The summed E-state index contributed by atoms with van der Waals surface area (Å²) in [6.07, 6.45) is 3.56. The Hall–Kier alpha value is -3.59. The van der Waals surface area contributed by atoms with Crippen LogP contribution in [0.5, 0.6) is 5.75 Å². The first-order valence-corrected chi connectivity index (χ1v) is 9.50. The zero-order valence-corrected chi connectivity index (χ0v) is 16.6. The Bertz CT molecular complexity index is 894. The van der Waals surface area contributed by atoms with Gasteiger partial charge < -0.3 is 14.8 Å². The summed E-state index contributed by atoms with van der Waals surface area (Å²) in [5.41, 5.74) is 1.56. The van der Waals surface area contributed by atoms with Gasteiger partial charge in [0.15, 0.2) is 0 Å². The van der Waals surface area contributed by atoms with Gasteiger partial charge in [-0.3, -0.25) is 4.79 Å². The minimum atomic E-state index is -0.528. The van der Waals surface area contributed by atoms with E-state index in [1.165, 1.54) is 6.08 Å². The molecule has 0 radical (unpaired) electrons. The van der Waals surface area contributed by atoms with Gasteiger partial charge in [0.1, 0.15) is 17.4 Å². The van der Waals surface area contributed by atoms with Crippen molar-refractivity contribution in [2.75, 3.05) is 18.5 Å². The van der Waals surface area contributed by atoms with Crippen molar-refractivity contribution in [3.05, 3.63) is 65.2 Å². The van der Waals surface area contributed by atoms with Crippen LogP contribution in [0.2, 0.25) is 0 Å². The molecule has 150 valence electrons. The van der Waals surface area contributed by atoms with Gasteiger partial charge in [0.25, 0.3) is 5.91 Å². The quantitative estimate of drug-likeness (QED) is 0.292. The second-order valence-electron chi connectivity index (χ2n) is 6.19. The van der Waals surface area contributed by atoms with Crippen LogP contribution in [0, 0.1) is 11.3 Å². The molecule has 0 aliphatic rings. The number of nitrogens with one attached hydrogen (secondary N) is 1. The average molecular weight is 392 g/mol. The Labute approximate surface area is 170 Å². The molecule has 0 bridgehead atoms. The lowest BCUT2D eigenvalue weighted by Gasteiger charge is -2.07. The van der Waals surface area contributed by atoms with Crippen LogP contribution in [0.4, 0.5) is 5.69 Å². The van der Waals surface area contributed by atoms with Gasteiger partial charge in [-0.25, -0.2) is 4.79 Å². The second-order valence-corrected chi connectivity index (χ2v) is 6.19. The van der Waals surface area contributed by atoms with Gasteiger partial charge in [-0.1, -0.05) is 25.5 Å². The number of rotatable bonds is 9. The molecule has 0 spiro atoms. The van der Waals surface area contributed by atoms with E-state index in [1.54, 1.807) is 43.3 Å². The Balaban J connectivity index is 2.02. The molecule has 1 N–H and O–H groups in total. The summed E-state index contributed by atoms with van der Waals surface area (Å²) in [5.74, 6) is -0.204. The lowest BCUT2D eigenvalue weighted by molar-refractivity contribution is -0.112. The van der Waals surface area contributed by atoms with Gasteiger partial charge in [-0.05, 0) is 61.4 Å². The standard InChI is InChI=1S/C23H24N2O4/c1-3-5-14-29-21-12-6-17(7-13-21)15-19(16-24)22(26)25-20-10-8-18(9-11-20)23(27)28-4-2/h6-13,15H,3-5,14H2,1-2H3,(H,25,26)/b19-15+. The Morgan fingerprint density at radius 2 is 1.76 bits per heavy atom. The third-order valence-electron chi connectivity index (χ3n) is 3.98. The molecule has 0 atom stereocenters. The number of ether oxygens (including phenoxy) is 2. The summed E-state index contributed by atoms with van der Waals surface area (Å²) < 4.78 is 10.5. The summed E-state index contributed by atoms with van der Waals surface area (Å²) in [4.78, 5) is 24.1. The molecule has 0 heterocycles. The predicted molar refractivity (Wildman–Crippen MR) is 111 cm³/mol. The number of carbonyl (C=O) groups is 2. The number of nitrogens with zero attached hydrogens (tertiary/aromatic N) is 1. The molecule has 6 nitrogen and oxygen atoms in total. The zero-order valence-electron chi connectivity index (χ0n) is 16.6. The number of benzene rings is 2. The molecule has 0 fully saturated rings. The molecule has 29 heavy (non-hydrogen) atoms. The lowest BCUT2D eigenvalue weighted by atomic mass is 10.1. The number of esters is 1. The number of amides is 1.